The van der Waals surface area contributed by atoms with E-state index in [1.54, 1.807) is 0 Å². The fourth-order valence-corrected chi connectivity index (χ4v) is 2.52. The number of benzene rings is 1. The van der Waals surface area contributed by atoms with Gasteiger partial charge in [0.1, 0.15) is 5.75 Å². The van der Waals surface area contributed by atoms with Gasteiger partial charge in [-0.2, -0.15) is 0 Å². The van der Waals surface area contributed by atoms with E-state index in [2.05, 4.69) is 37.4 Å². The smallest absolute Gasteiger partial charge is 0.122 e. The number of ether oxygens (including phenoxy) is 1. The molecule has 1 heterocycles. The van der Waals surface area contributed by atoms with E-state index >= 15 is 0 Å². The molecule has 1 atom stereocenters. The quantitative estimate of drug-likeness (QED) is 0.844. The zero-order chi connectivity index (χ0) is 11.6. The van der Waals surface area contributed by atoms with Crippen molar-refractivity contribution in [2.75, 3.05) is 19.7 Å². The molecule has 2 heteroatoms. The van der Waals surface area contributed by atoms with Crippen LogP contribution in [0.3, 0.4) is 0 Å². The van der Waals surface area contributed by atoms with Crippen LogP contribution in [-0.4, -0.2) is 19.7 Å². The van der Waals surface area contributed by atoms with Gasteiger partial charge < -0.3 is 10.1 Å². The van der Waals surface area contributed by atoms with Crippen molar-refractivity contribution in [1.29, 1.82) is 0 Å². The molecule has 2 rings (SSSR count). The Balaban J connectivity index is 2.32. The summed E-state index contributed by atoms with van der Waals surface area (Å²) in [6.07, 6.45) is 0. The van der Waals surface area contributed by atoms with Crippen LogP contribution in [0, 0.1) is 5.41 Å². The van der Waals surface area contributed by atoms with E-state index in [9.17, 15) is 0 Å². The van der Waals surface area contributed by atoms with Crippen LogP contribution in [0.4, 0.5) is 0 Å². The highest BCUT2D eigenvalue weighted by atomic mass is 16.5. The van der Waals surface area contributed by atoms with Gasteiger partial charge in [0.05, 0.1) is 6.61 Å². The molecule has 0 unspecified atom stereocenters. The van der Waals surface area contributed by atoms with Crippen LogP contribution in [0.25, 0.3) is 0 Å². The third kappa shape index (κ3) is 2.07. The predicted molar refractivity (Wildman–Crippen MR) is 67.0 cm³/mol. The fourth-order valence-electron chi connectivity index (χ4n) is 2.52. The molecule has 1 saturated heterocycles. The standard InChI is InChI=1S/C14H21NO/c1-4-16-13-8-6-5-7-11(13)12-9-15-10-14(12,2)3/h5-8,12,15H,4,9-10H2,1-3H3/t12-/m0/s1. The molecule has 16 heavy (non-hydrogen) atoms. The molecule has 1 aliphatic heterocycles. The van der Waals surface area contributed by atoms with Gasteiger partial charge in [0.2, 0.25) is 0 Å². The third-order valence-corrected chi connectivity index (χ3v) is 3.47. The Hall–Kier alpha value is -1.02. The van der Waals surface area contributed by atoms with Crippen LogP contribution in [0.5, 0.6) is 5.75 Å². The van der Waals surface area contributed by atoms with Gasteiger partial charge in [0.25, 0.3) is 0 Å². The Morgan fingerprint density at radius 2 is 2.12 bits per heavy atom. The van der Waals surface area contributed by atoms with Crippen molar-refractivity contribution < 1.29 is 4.74 Å². The Morgan fingerprint density at radius 1 is 1.38 bits per heavy atom. The second-order valence-corrected chi connectivity index (χ2v) is 5.14. The molecule has 0 saturated carbocycles. The molecule has 0 radical (unpaired) electrons. The van der Waals surface area contributed by atoms with E-state index < -0.39 is 0 Å². The van der Waals surface area contributed by atoms with Crippen molar-refractivity contribution in [3.05, 3.63) is 29.8 Å². The normalized spacial score (nSPS) is 23.3. The summed E-state index contributed by atoms with van der Waals surface area (Å²) in [7, 11) is 0. The van der Waals surface area contributed by atoms with Crippen LogP contribution < -0.4 is 10.1 Å². The van der Waals surface area contributed by atoms with E-state index in [1.165, 1.54) is 5.56 Å². The van der Waals surface area contributed by atoms with Crippen LogP contribution in [0.15, 0.2) is 24.3 Å². The topological polar surface area (TPSA) is 21.3 Å². The van der Waals surface area contributed by atoms with Gasteiger partial charge in [0, 0.05) is 19.0 Å². The highest BCUT2D eigenvalue weighted by Crippen LogP contribution is 2.41. The van der Waals surface area contributed by atoms with Crippen LogP contribution in [0.2, 0.25) is 0 Å². The van der Waals surface area contributed by atoms with E-state index in [0.717, 1.165) is 25.4 Å². The van der Waals surface area contributed by atoms with Crippen molar-refractivity contribution in [3.8, 4) is 5.75 Å². The molecule has 0 bridgehead atoms. The van der Waals surface area contributed by atoms with Crippen molar-refractivity contribution >= 4 is 0 Å². The van der Waals surface area contributed by atoms with Crippen LogP contribution in [-0.2, 0) is 0 Å². The number of hydrogen-bond acceptors (Lipinski definition) is 2. The summed E-state index contributed by atoms with van der Waals surface area (Å²) in [5.41, 5.74) is 1.66. The lowest BCUT2D eigenvalue weighted by Crippen LogP contribution is -2.21. The summed E-state index contributed by atoms with van der Waals surface area (Å²) >= 11 is 0. The first-order valence-corrected chi connectivity index (χ1v) is 6.07. The van der Waals surface area contributed by atoms with Crippen molar-refractivity contribution in [1.82, 2.24) is 5.32 Å². The van der Waals surface area contributed by atoms with Gasteiger partial charge >= 0.3 is 0 Å². The van der Waals surface area contributed by atoms with Gasteiger partial charge in [-0.3, -0.25) is 0 Å². The summed E-state index contributed by atoms with van der Waals surface area (Å²) in [5, 5.41) is 3.47. The minimum atomic E-state index is 0.313. The van der Waals surface area contributed by atoms with Crippen molar-refractivity contribution in [2.45, 2.75) is 26.7 Å². The number of rotatable bonds is 3. The van der Waals surface area contributed by atoms with E-state index in [-0.39, 0.29) is 0 Å². The van der Waals surface area contributed by atoms with E-state index in [0.29, 0.717) is 11.3 Å². The molecular formula is C14H21NO. The first-order valence-electron chi connectivity index (χ1n) is 6.07. The van der Waals surface area contributed by atoms with Gasteiger partial charge in [-0.15, -0.1) is 0 Å². The van der Waals surface area contributed by atoms with E-state index in [4.69, 9.17) is 4.74 Å². The fraction of sp³-hybridized carbons (Fsp3) is 0.571. The Morgan fingerprint density at radius 3 is 2.75 bits per heavy atom. The Labute approximate surface area is 98.0 Å². The summed E-state index contributed by atoms with van der Waals surface area (Å²) < 4.78 is 5.71. The highest BCUT2D eigenvalue weighted by molar-refractivity contribution is 5.38. The summed E-state index contributed by atoms with van der Waals surface area (Å²) in [5.74, 6) is 1.60. The monoisotopic (exact) mass is 219 g/mol. The average Bonchev–Trinajstić information content (AvgIpc) is 2.59. The Kier molecular flexibility index (Phi) is 3.20. The molecule has 1 aliphatic rings. The highest BCUT2D eigenvalue weighted by Gasteiger charge is 2.36. The van der Waals surface area contributed by atoms with Crippen molar-refractivity contribution in [2.24, 2.45) is 5.41 Å². The minimum Gasteiger partial charge on any atom is -0.494 e. The zero-order valence-corrected chi connectivity index (χ0v) is 10.4. The number of hydrogen-bond donors (Lipinski definition) is 1. The van der Waals surface area contributed by atoms with Gasteiger partial charge in [-0.25, -0.2) is 0 Å². The molecule has 88 valence electrons. The van der Waals surface area contributed by atoms with Crippen molar-refractivity contribution in [3.63, 3.8) is 0 Å². The van der Waals surface area contributed by atoms with Gasteiger partial charge in [-0.05, 0) is 24.0 Å². The van der Waals surface area contributed by atoms with Gasteiger partial charge in [-0.1, -0.05) is 32.0 Å². The van der Waals surface area contributed by atoms with Gasteiger partial charge in [0.15, 0.2) is 0 Å². The average molecular weight is 219 g/mol. The maximum absolute atomic E-state index is 5.71. The first kappa shape index (κ1) is 11.5. The molecule has 1 N–H and O–H groups in total. The molecule has 1 aromatic rings. The molecule has 0 amide bonds. The number of para-hydroxylation sites is 1. The second kappa shape index (κ2) is 4.46. The lowest BCUT2D eigenvalue weighted by Gasteiger charge is -2.27. The molecule has 1 fully saturated rings. The SMILES string of the molecule is CCOc1ccccc1[C@@H]1CNCC1(C)C. The lowest BCUT2D eigenvalue weighted by atomic mass is 9.77. The summed E-state index contributed by atoms with van der Waals surface area (Å²) in [6, 6.07) is 8.42. The maximum atomic E-state index is 5.71. The zero-order valence-electron chi connectivity index (χ0n) is 10.4. The molecular weight excluding hydrogens is 198 g/mol. The second-order valence-electron chi connectivity index (χ2n) is 5.14. The number of nitrogens with one attached hydrogen (secondary N) is 1. The largest absolute Gasteiger partial charge is 0.494 e. The van der Waals surface area contributed by atoms with Crippen LogP contribution >= 0.6 is 0 Å². The molecule has 2 nitrogen and oxygen atoms in total. The molecule has 0 aromatic heterocycles. The van der Waals surface area contributed by atoms with E-state index in [1.807, 2.05) is 13.0 Å². The lowest BCUT2D eigenvalue weighted by molar-refractivity contribution is 0.315. The molecule has 1 aromatic carbocycles. The summed E-state index contributed by atoms with van der Waals surface area (Å²) in [6.45, 7) is 9.54. The third-order valence-electron chi connectivity index (χ3n) is 3.47. The van der Waals surface area contributed by atoms with Crippen LogP contribution in [0.1, 0.15) is 32.3 Å². The first-order chi connectivity index (χ1) is 7.65. The Bertz CT molecular complexity index is 360. The molecule has 0 spiro atoms. The predicted octanol–water partition coefficient (Wildman–Crippen LogP) is 2.80. The molecule has 0 aliphatic carbocycles. The summed E-state index contributed by atoms with van der Waals surface area (Å²) in [4.78, 5) is 0. The minimum absolute atomic E-state index is 0.313. The maximum Gasteiger partial charge on any atom is 0.122 e.